The molecule has 3 aromatic carbocycles. The minimum atomic E-state index is -0.402. The number of ketones is 3. The van der Waals surface area contributed by atoms with Gasteiger partial charge >= 0.3 is 0 Å². The molecule has 126 valence electrons. The topological polar surface area (TPSA) is 103 Å². The van der Waals surface area contributed by atoms with Crippen molar-refractivity contribution in [2.45, 2.75) is 0 Å². The summed E-state index contributed by atoms with van der Waals surface area (Å²) < 4.78 is 0. The van der Waals surface area contributed by atoms with Crippen molar-refractivity contribution < 1.29 is 14.4 Å². The van der Waals surface area contributed by atoms with E-state index in [2.05, 4.69) is 0 Å². The highest BCUT2D eigenvalue weighted by Crippen LogP contribution is 2.35. The van der Waals surface area contributed by atoms with Crippen molar-refractivity contribution in [3.63, 3.8) is 0 Å². The zero-order valence-electron chi connectivity index (χ0n) is 13.7. The number of anilines is 2. The second-order valence-corrected chi connectivity index (χ2v) is 6.07. The Kier molecular flexibility index (Phi) is 3.44. The van der Waals surface area contributed by atoms with Crippen molar-refractivity contribution in [1.82, 2.24) is 0 Å². The fraction of sp³-hybridized carbons (Fsp3) is 0. The van der Waals surface area contributed by atoms with E-state index in [0.717, 1.165) is 0 Å². The van der Waals surface area contributed by atoms with Gasteiger partial charge in [0.2, 0.25) is 0 Å². The maximum Gasteiger partial charge on any atom is 0.196 e. The van der Waals surface area contributed by atoms with E-state index < -0.39 is 11.6 Å². The fourth-order valence-electron chi connectivity index (χ4n) is 3.26. The van der Waals surface area contributed by atoms with Crippen LogP contribution in [0.4, 0.5) is 11.4 Å². The summed E-state index contributed by atoms with van der Waals surface area (Å²) in [4.78, 5) is 38.9. The maximum atomic E-state index is 13.1. The highest BCUT2D eigenvalue weighted by molar-refractivity contribution is 6.33. The normalized spacial score (nSPS) is 12.5. The lowest BCUT2D eigenvalue weighted by molar-refractivity contribution is 0.0971. The molecule has 0 heterocycles. The molecule has 0 amide bonds. The van der Waals surface area contributed by atoms with Crippen molar-refractivity contribution in [1.29, 1.82) is 0 Å². The van der Waals surface area contributed by atoms with Crippen LogP contribution < -0.4 is 11.5 Å². The van der Waals surface area contributed by atoms with E-state index in [1.807, 2.05) is 0 Å². The highest BCUT2D eigenvalue weighted by atomic mass is 16.1. The van der Waals surface area contributed by atoms with Crippen LogP contribution in [0.2, 0.25) is 0 Å². The van der Waals surface area contributed by atoms with Crippen LogP contribution in [-0.2, 0) is 0 Å². The van der Waals surface area contributed by atoms with E-state index in [-0.39, 0.29) is 45.0 Å². The number of fused-ring (bicyclic) bond motifs is 2. The van der Waals surface area contributed by atoms with Crippen molar-refractivity contribution >= 4 is 28.7 Å². The predicted molar refractivity (Wildman–Crippen MR) is 98.4 cm³/mol. The number of carbonyl (C=O) groups excluding carboxylic acids is 3. The summed E-state index contributed by atoms with van der Waals surface area (Å²) in [6.45, 7) is 0. The zero-order chi connectivity index (χ0) is 18.4. The van der Waals surface area contributed by atoms with Crippen LogP contribution in [-0.4, -0.2) is 17.3 Å². The van der Waals surface area contributed by atoms with Crippen LogP contribution in [0.5, 0.6) is 0 Å². The summed E-state index contributed by atoms with van der Waals surface area (Å²) in [5.41, 5.74) is 13.3. The number of benzene rings is 3. The van der Waals surface area contributed by atoms with Crippen molar-refractivity contribution in [3.05, 3.63) is 94.0 Å². The van der Waals surface area contributed by atoms with E-state index >= 15 is 0 Å². The van der Waals surface area contributed by atoms with E-state index in [4.69, 9.17) is 11.5 Å². The first-order valence-electron chi connectivity index (χ1n) is 8.01. The number of rotatable bonds is 2. The summed E-state index contributed by atoms with van der Waals surface area (Å²) in [5.74, 6) is -1.11. The third-order valence-corrected chi connectivity index (χ3v) is 4.57. The van der Waals surface area contributed by atoms with Gasteiger partial charge < -0.3 is 11.5 Å². The Hall–Kier alpha value is -3.73. The first kappa shape index (κ1) is 15.8. The molecule has 0 aliphatic heterocycles. The van der Waals surface area contributed by atoms with E-state index in [0.29, 0.717) is 5.56 Å². The van der Waals surface area contributed by atoms with Gasteiger partial charge in [0.25, 0.3) is 0 Å². The van der Waals surface area contributed by atoms with Crippen LogP contribution in [0.1, 0.15) is 47.8 Å². The number of hydrogen-bond donors (Lipinski definition) is 2. The molecule has 4 N–H and O–H groups in total. The Bertz CT molecular complexity index is 1100. The van der Waals surface area contributed by atoms with Crippen LogP contribution in [0.15, 0.2) is 60.7 Å². The molecule has 0 saturated heterocycles. The lowest BCUT2D eigenvalue weighted by Crippen LogP contribution is -2.25. The Morgan fingerprint density at radius 2 is 1.35 bits per heavy atom. The average Bonchev–Trinajstić information content (AvgIpc) is 2.67. The van der Waals surface area contributed by atoms with Crippen LogP contribution in [0.3, 0.4) is 0 Å². The largest absolute Gasteiger partial charge is 0.397 e. The third-order valence-electron chi connectivity index (χ3n) is 4.57. The molecule has 4 rings (SSSR count). The maximum absolute atomic E-state index is 13.1. The lowest BCUT2D eigenvalue weighted by Gasteiger charge is -2.21. The van der Waals surface area contributed by atoms with Crippen molar-refractivity contribution in [3.8, 4) is 0 Å². The predicted octanol–water partition coefficient (Wildman–Crippen LogP) is 2.86. The van der Waals surface area contributed by atoms with Gasteiger partial charge in [-0.15, -0.1) is 0 Å². The first-order chi connectivity index (χ1) is 12.5. The van der Waals surface area contributed by atoms with Gasteiger partial charge in [0.1, 0.15) is 0 Å². The molecule has 0 aromatic heterocycles. The van der Waals surface area contributed by atoms with Gasteiger partial charge in [-0.05, 0) is 12.1 Å². The van der Waals surface area contributed by atoms with Gasteiger partial charge in [-0.3, -0.25) is 14.4 Å². The molecular formula is C21H14N2O3. The zero-order valence-corrected chi connectivity index (χ0v) is 13.7. The van der Waals surface area contributed by atoms with Crippen LogP contribution in [0.25, 0.3) is 0 Å². The lowest BCUT2D eigenvalue weighted by atomic mass is 9.79. The number of nitrogens with two attached hydrogens (primary N) is 2. The molecule has 0 atom stereocenters. The van der Waals surface area contributed by atoms with Crippen molar-refractivity contribution in [2.24, 2.45) is 0 Å². The molecule has 3 aromatic rings. The second-order valence-electron chi connectivity index (χ2n) is 6.07. The van der Waals surface area contributed by atoms with E-state index in [1.165, 1.54) is 18.2 Å². The van der Waals surface area contributed by atoms with E-state index in [1.54, 1.807) is 42.5 Å². The number of hydrogen-bond acceptors (Lipinski definition) is 5. The minimum Gasteiger partial charge on any atom is -0.397 e. The Morgan fingerprint density at radius 1 is 0.692 bits per heavy atom. The molecule has 5 heteroatoms. The summed E-state index contributed by atoms with van der Waals surface area (Å²) in [7, 11) is 0. The molecule has 0 radical (unpaired) electrons. The molecule has 0 fully saturated rings. The quantitative estimate of drug-likeness (QED) is 0.431. The van der Waals surface area contributed by atoms with Gasteiger partial charge in [-0.1, -0.05) is 48.5 Å². The summed E-state index contributed by atoms with van der Waals surface area (Å²) in [6.07, 6.45) is 0. The molecule has 1 aliphatic rings. The standard InChI is InChI=1S/C21H14N2O3/c22-15-10-9-14-17(18(15)23)21(26)13-8-4-7-12(16(13)20(14)25)19(24)11-5-2-1-3-6-11/h1-10H,22-23H2. The molecule has 26 heavy (non-hydrogen) atoms. The fourth-order valence-corrected chi connectivity index (χ4v) is 3.26. The van der Waals surface area contributed by atoms with Crippen molar-refractivity contribution in [2.75, 3.05) is 11.5 Å². The van der Waals surface area contributed by atoms with Crippen LogP contribution in [0, 0.1) is 0 Å². The summed E-state index contributed by atoms with van der Waals surface area (Å²) in [5, 5.41) is 0. The van der Waals surface area contributed by atoms with Crippen LogP contribution >= 0.6 is 0 Å². The van der Waals surface area contributed by atoms with E-state index in [9.17, 15) is 14.4 Å². The molecule has 5 nitrogen and oxygen atoms in total. The van der Waals surface area contributed by atoms with Gasteiger partial charge in [-0.25, -0.2) is 0 Å². The Balaban J connectivity index is 1.95. The van der Waals surface area contributed by atoms with Gasteiger partial charge in [0.05, 0.1) is 16.9 Å². The molecule has 1 aliphatic carbocycles. The number of carbonyl (C=O) groups is 3. The average molecular weight is 342 g/mol. The molecule has 0 unspecified atom stereocenters. The Morgan fingerprint density at radius 3 is 2.08 bits per heavy atom. The highest BCUT2D eigenvalue weighted by Gasteiger charge is 2.35. The molecular weight excluding hydrogens is 328 g/mol. The second kappa shape index (κ2) is 5.67. The first-order valence-corrected chi connectivity index (χ1v) is 8.01. The van der Waals surface area contributed by atoms with Gasteiger partial charge in [0.15, 0.2) is 17.3 Å². The monoisotopic (exact) mass is 342 g/mol. The van der Waals surface area contributed by atoms with Gasteiger partial charge in [-0.2, -0.15) is 0 Å². The summed E-state index contributed by atoms with van der Waals surface area (Å²) >= 11 is 0. The SMILES string of the molecule is Nc1ccc2c(c1N)C(=O)c1cccc(C(=O)c3ccccc3)c1C2=O. The van der Waals surface area contributed by atoms with Gasteiger partial charge in [0, 0.05) is 27.8 Å². The summed E-state index contributed by atoms with van der Waals surface area (Å²) in [6, 6.07) is 16.3. The molecule has 0 bridgehead atoms. The minimum absolute atomic E-state index is 0.0892. The third kappa shape index (κ3) is 2.14. The Labute approximate surface area is 149 Å². The molecule has 0 spiro atoms. The smallest absolute Gasteiger partial charge is 0.196 e. The number of nitrogen functional groups attached to an aromatic ring is 2. The molecule has 0 saturated carbocycles.